The van der Waals surface area contributed by atoms with E-state index in [0.29, 0.717) is 12.1 Å². The summed E-state index contributed by atoms with van der Waals surface area (Å²) >= 11 is 0. The van der Waals surface area contributed by atoms with E-state index in [2.05, 4.69) is 29.6 Å². The van der Waals surface area contributed by atoms with Crippen molar-refractivity contribution in [2.24, 2.45) is 0 Å². The number of pyridine rings is 1. The van der Waals surface area contributed by atoms with E-state index < -0.39 is 0 Å². The first-order chi connectivity index (χ1) is 15.2. The van der Waals surface area contributed by atoms with Crippen molar-refractivity contribution in [2.45, 2.75) is 19.3 Å². The van der Waals surface area contributed by atoms with E-state index in [1.165, 1.54) is 5.56 Å². The molecule has 4 rings (SSSR count). The van der Waals surface area contributed by atoms with Gasteiger partial charge in [0.2, 0.25) is 0 Å². The third kappa shape index (κ3) is 5.10. The summed E-state index contributed by atoms with van der Waals surface area (Å²) in [6.45, 7) is 0.653. The van der Waals surface area contributed by atoms with Crippen molar-refractivity contribution < 1.29 is 9.53 Å². The monoisotopic (exact) mass is 410 g/mol. The number of nitrogens with zero attached hydrogens (tertiary/aromatic N) is 1. The lowest BCUT2D eigenvalue weighted by atomic mass is 10.0. The first-order valence-electron chi connectivity index (χ1n) is 10.6. The highest BCUT2D eigenvalue weighted by molar-refractivity contribution is 6.07. The zero-order chi connectivity index (χ0) is 21.5. The van der Waals surface area contributed by atoms with Crippen LogP contribution in [-0.2, 0) is 6.42 Å². The Morgan fingerprint density at radius 2 is 1.65 bits per heavy atom. The maximum atomic E-state index is 13.0. The minimum absolute atomic E-state index is 0.0620. The molecule has 0 radical (unpaired) electrons. The number of ether oxygens (including phenoxy) is 1. The molecule has 0 unspecified atom stereocenters. The number of methoxy groups -OCH3 is 1. The van der Waals surface area contributed by atoms with Crippen LogP contribution in [0.5, 0.6) is 5.75 Å². The fourth-order valence-corrected chi connectivity index (χ4v) is 3.67. The molecule has 0 saturated carbocycles. The summed E-state index contributed by atoms with van der Waals surface area (Å²) in [7, 11) is 1.64. The number of carbonyl (C=O) groups is 1. The van der Waals surface area contributed by atoms with Gasteiger partial charge in [-0.3, -0.25) is 4.79 Å². The van der Waals surface area contributed by atoms with Crippen LogP contribution in [-0.4, -0.2) is 24.5 Å². The summed E-state index contributed by atoms with van der Waals surface area (Å²) < 4.78 is 5.25. The SMILES string of the molecule is COc1ccc(-c2cc(C(=O)NCCCCc3ccccc3)c3ccccc3n2)cc1. The van der Waals surface area contributed by atoms with E-state index in [1.54, 1.807) is 7.11 Å². The van der Waals surface area contributed by atoms with E-state index >= 15 is 0 Å². The topological polar surface area (TPSA) is 51.2 Å². The zero-order valence-corrected chi connectivity index (χ0v) is 17.7. The Balaban J connectivity index is 1.48. The maximum Gasteiger partial charge on any atom is 0.252 e. The van der Waals surface area contributed by atoms with Crippen molar-refractivity contribution >= 4 is 16.8 Å². The van der Waals surface area contributed by atoms with Gasteiger partial charge in [0.15, 0.2) is 0 Å². The van der Waals surface area contributed by atoms with Crippen LogP contribution < -0.4 is 10.1 Å². The van der Waals surface area contributed by atoms with Gasteiger partial charge in [-0.1, -0.05) is 48.5 Å². The predicted molar refractivity (Wildman–Crippen MR) is 125 cm³/mol. The molecule has 0 fully saturated rings. The van der Waals surface area contributed by atoms with Crippen LogP contribution in [0.3, 0.4) is 0 Å². The van der Waals surface area contributed by atoms with Crippen molar-refractivity contribution in [3.63, 3.8) is 0 Å². The average molecular weight is 411 g/mol. The molecular weight excluding hydrogens is 384 g/mol. The molecule has 0 spiro atoms. The molecule has 1 N–H and O–H groups in total. The van der Waals surface area contributed by atoms with Crippen molar-refractivity contribution in [2.75, 3.05) is 13.7 Å². The van der Waals surface area contributed by atoms with Crippen molar-refractivity contribution in [1.29, 1.82) is 0 Å². The number of para-hydroxylation sites is 1. The second-order valence-electron chi connectivity index (χ2n) is 7.50. The summed E-state index contributed by atoms with van der Waals surface area (Å²) in [5.74, 6) is 0.728. The number of benzene rings is 3. The number of fused-ring (bicyclic) bond motifs is 1. The number of amides is 1. The van der Waals surface area contributed by atoms with Crippen LogP contribution in [0.2, 0.25) is 0 Å². The standard InChI is InChI=1S/C27H26N2O2/c1-31-22-16-14-21(15-17-22)26-19-24(23-12-5-6-13-25(23)29-26)27(30)28-18-8-7-11-20-9-3-2-4-10-20/h2-6,9-10,12-17,19H,7-8,11,18H2,1H3,(H,28,30). The first kappa shape index (κ1) is 20.6. The fraction of sp³-hybridized carbons (Fsp3) is 0.185. The van der Waals surface area contributed by atoms with Gasteiger partial charge < -0.3 is 10.1 Å². The quantitative estimate of drug-likeness (QED) is 0.381. The zero-order valence-electron chi connectivity index (χ0n) is 17.7. The highest BCUT2D eigenvalue weighted by Gasteiger charge is 2.13. The van der Waals surface area contributed by atoms with Crippen LogP contribution in [0.1, 0.15) is 28.8 Å². The Morgan fingerprint density at radius 1 is 0.903 bits per heavy atom. The van der Waals surface area contributed by atoms with Gasteiger partial charge in [0.05, 0.1) is 23.9 Å². The van der Waals surface area contributed by atoms with Crippen molar-refractivity contribution in [1.82, 2.24) is 10.3 Å². The molecule has 1 amide bonds. The summed E-state index contributed by atoms with van der Waals surface area (Å²) in [5.41, 5.74) is 4.52. The molecule has 4 nitrogen and oxygen atoms in total. The van der Waals surface area contributed by atoms with Gasteiger partial charge in [-0.2, -0.15) is 0 Å². The van der Waals surface area contributed by atoms with Crippen LogP contribution in [0.25, 0.3) is 22.2 Å². The lowest BCUT2D eigenvalue weighted by Crippen LogP contribution is -2.25. The normalized spacial score (nSPS) is 10.7. The van der Waals surface area contributed by atoms with E-state index in [9.17, 15) is 4.79 Å². The number of aromatic nitrogens is 1. The minimum Gasteiger partial charge on any atom is -0.497 e. The van der Waals surface area contributed by atoms with Crippen molar-refractivity contribution in [3.8, 4) is 17.0 Å². The van der Waals surface area contributed by atoms with Gasteiger partial charge in [0.25, 0.3) is 5.91 Å². The molecule has 1 heterocycles. The molecule has 3 aromatic carbocycles. The van der Waals surface area contributed by atoms with E-state index in [-0.39, 0.29) is 5.91 Å². The molecule has 0 bridgehead atoms. The number of unbranched alkanes of at least 4 members (excludes halogenated alkanes) is 1. The number of carbonyl (C=O) groups excluding carboxylic acids is 1. The number of hydrogen-bond acceptors (Lipinski definition) is 3. The van der Waals surface area contributed by atoms with Gasteiger partial charge in [0.1, 0.15) is 5.75 Å². The van der Waals surface area contributed by atoms with Crippen LogP contribution in [0.4, 0.5) is 0 Å². The molecule has 1 aromatic heterocycles. The second-order valence-corrected chi connectivity index (χ2v) is 7.50. The van der Waals surface area contributed by atoms with Crippen LogP contribution >= 0.6 is 0 Å². The average Bonchev–Trinajstić information content (AvgIpc) is 2.83. The Labute approximate surface area is 182 Å². The Morgan fingerprint density at radius 3 is 2.42 bits per heavy atom. The number of nitrogens with one attached hydrogen (secondary N) is 1. The Bertz CT molecular complexity index is 1150. The minimum atomic E-state index is -0.0620. The first-order valence-corrected chi connectivity index (χ1v) is 10.6. The van der Waals surface area contributed by atoms with E-state index in [1.807, 2.05) is 60.7 Å². The molecule has 0 aliphatic rings. The fourth-order valence-electron chi connectivity index (χ4n) is 3.67. The molecule has 4 heteroatoms. The molecule has 0 saturated heterocycles. The highest BCUT2D eigenvalue weighted by atomic mass is 16.5. The summed E-state index contributed by atoms with van der Waals surface area (Å²) in [6, 6.07) is 27.8. The third-order valence-corrected chi connectivity index (χ3v) is 5.37. The van der Waals surface area contributed by atoms with Gasteiger partial charge in [-0.25, -0.2) is 4.98 Å². The number of rotatable bonds is 8. The van der Waals surface area contributed by atoms with E-state index in [4.69, 9.17) is 9.72 Å². The van der Waals surface area contributed by atoms with Crippen molar-refractivity contribution in [3.05, 3.63) is 96.1 Å². The molecule has 0 aliphatic carbocycles. The molecular formula is C27H26N2O2. The highest BCUT2D eigenvalue weighted by Crippen LogP contribution is 2.26. The predicted octanol–water partition coefficient (Wildman–Crippen LogP) is 5.66. The summed E-state index contributed by atoms with van der Waals surface area (Å²) in [5, 5.41) is 3.95. The molecule has 4 aromatic rings. The Hall–Kier alpha value is -3.66. The molecule has 0 atom stereocenters. The largest absolute Gasteiger partial charge is 0.497 e. The second kappa shape index (κ2) is 9.90. The molecule has 156 valence electrons. The van der Waals surface area contributed by atoms with Gasteiger partial charge in [-0.05, 0) is 61.2 Å². The summed E-state index contributed by atoms with van der Waals surface area (Å²) in [4.78, 5) is 17.8. The number of hydrogen-bond donors (Lipinski definition) is 1. The van der Waals surface area contributed by atoms with Crippen LogP contribution in [0.15, 0.2) is 84.9 Å². The van der Waals surface area contributed by atoms with Gasteiger partial charge >= 0.3 is 0 Å². The van der Waals surface area contributed by atoms with Gasteiger partial charge in [-0.15, -0.1) is 0 Å². The van der Waals surface area contributed by atoms with Crippen LogP contribution in [0, 0.1) is 0 Å². The smallest absolute Gasteiger partial charge is 0.252 e. The maximum absolute atomic E-state index is 13.0. The molecule has 0 aliphatic heterocycles. The molecule has 31 heavy (non-hydrogen) atoms. The summed E-state index contributed by atoms with van der Waals surface area (Å²) in [6.07, 6.45) is 3.00. The lowest BCUT2D eigenvalue weighted by molar-refractivity contribution is 0.0954. The van der Waals surface area contributed by atoms with Gasteiger partial charge in [0, 0.05) is 17.5 Å². The third-order valence-electron chi connectivity index (χ3n) is 5.37. The Kier molecular flexibility index (Phi) is 6.58. The number of aryl methyl sites for hydroxylation is 1. The lowest BCUT2D eigenvalue weighted by Gasteiger charge is -2.11. The van der Waals surface area contributed by atoms with E-state index in [0.717, 1.165) is 47.2 Å².